The summed E-state index contributed by atoms with van der Waals surface area (Å²) < 4.78 is 0. The van der Waals surface area contributed by atoms with Gasteiger partial charge in [0, 0.05) is 0 Å². The number of aliphatic hydroxyl groups is 1. The third kappa shape index (κ3) is 1.35. The van der Waals surface area contributed by atoms with Gasteiger partial charge in [0.15, 0.2) is 0 Å². The lowest BCUT2D eigenvalue weighted by molar-refractivity contribution is 0.0921. The van der Waals surface area contributed by atoms with Crippen LogP contribution in [0.4, 0.5) is 0 Å². The molecular formula is C16H20O. The highest BCUT2D eigenvalue weighted by Gasteiger charge is 2.72. The van der Waals surface area contributed by atoms with Crippen LogP contribution < -0.4 is 0 Å². The first-order valence-electron chi connectivity index (χ1n) is 7.09. The van der Waals surface area contributed by atoms with E-state index < -0.39 is 0 Å². The summed E-state index contributed by atoms with van der Waals surface area (Å²) in [6, 6.07) is 10.8. The quantitative estimate of drug-likeness (QED) is 0.823. The van der Waals surface area contributed by atoms with E-state index in [1.54, 1.807) is 0 Å². The van der Waals surface area contributed by atoms with Gasteiger partial charge in [-0.2, -0.15) is 0 Å². The Hall–Kier alpha value is -0.820. The van der Waals surface area contributed by atoms with E-state index in [4.69, 9.17) is 0 Å². The van der Waals surface area contributed by atoms with Crippen LogP contribution in [-0.4, -0.2) is 10.7 Å². The second kappa shape index (κ2) is 3.35. The van der Waals surface area contributed by atoms with Crippen LogP contribution >= 0.6 is 0 Å². The molecule has 1 nitrogen and oxygen atoms in total. The summed E-state index contributed by atoms with van der Waals surface area (Å²) in [5.41, 5.74) is 1.17. The van der Waals surface area contributed by atoms with Crippen LogP contribution in [0.5, 0.6) is 0 Å². The molecule has 0 radical (unpaired) electrons. The summed E-state index contributed by atoms with van der Waals surface area (Å²) in [5.74, 6) is 2.51. The second-order valence-electron chi connectivity index (χ2n) is 6.24. The Kier molecular flexibility index (Phi) is 2.00. The minimum Gasteiger partial charge on any atom is -0.389 e. The van der Waals surface area contributed by atoms with Crippen LogP contribution in [0.3, 0.4) is 0 Å². The average Bonchev–Trinajstić information content (AvgIpc) is 3.28. The number of hydrogen-bond acceptors (Lipinski definition) is 1. The molecule has 0 bridgehead atoms. The number of benzene rings is 1. The first-order chi connectivity index (χ1) is 8.32. The zero-order valence-electron chi connectivity index (χ0n) is 10.2. The molecule has 1 N–H and O–H groups in total. The molecule has 4 rings (SSSR count). The summed E-state index contributed by atoms with van der Waals surface area (Å²) in [4.78, 5) is 0. The lowest BCUT2D eigenvalue weighted by Crippen LogP contribution is -2.17. The Labute approximate surface area is 103 Å². The van der Waals surface area contributed by atoms with E-state index in [1.807, 2.05) is 0 Å². The number of hydrogen-bond donors (Lipinski definition) is 1. The van der Waals surface area contributed by atoms with Crippen molar-refractivity contribution in [3.8, 4) is 0 Å². The minimum atomic E-state index is -0.267. The van der Waals surface area contributed by atoms with Crippen molar-refractivity contribution in [3.05, 3.63) is 35.9 Å². The van der Waals surface area contributed by atoms with E-state index >= 15 is 0 Å². The zero-order chi connectivity index (χ0) is 11.5. The molecule has 3 saturated carbocycles. The predicted molar refractivity (Wildman–Crippen MR) is 67.7 cm³/mol. The summed E-state index contributed by atoms with van der Waals surface area (Å²) >= 11 is 0. The molecule has 0 aromatic heterocycles. The molecule has 4 atom stereocenters. The highest BCUT2D eigenvalue weighted by molar-refractivity contribution is 5.32. The van der Waals surface area contributed by atoms with E-state index in [2.05, 4.69) is 30.3 Å². The predicted octanol–water partition coefficient (Wildman–Crippen LogP) is 3.34. The van der Waals surface area contributed by atoms with E-state index in [1.165, 1.54) is 37.7 Å². The zero-order valence-corrected chi connectivity index (χ0v) is 10.2. The Morgan fingerprint density at radius 3 is 2.24 bits per heavy atom. The Bertz CT molecular complexity index is 412. The molecule has 3 aliphatic carbocycles. The molecule has 3 aliphatic rings. The van der Waals surface area contributed by atoms with Gasteiger partial charge in [-0.1, -0.05) is 43.2 Å². The molecule has 0 saturated heterocycles. The van der Waals surface area contributed by atoms with Crippen LogP contribution in [0.2, 0.25) is 0 Å². The van der Waals surface area contributed by atoms with Crippen LogP contribution in [0, 0.1) is 17.8 Å². The second-order valence-corrected chi connectivity index (χ2v) is 6.24. The third-order valence-electron chi connectivity index (χ3n) is 5.46. The van der Waals surface area contributed by atoms with Crippen LogP contribution in [0.15, 0.2) is 30.3 Å². The van der Waals surface area contributed by atoms with E-state index in [0.717, 1.165) is 0 Å². The lowest BCUT2D eigenvalue weighted by atomic mass is 10.0. The number of rotatable bonds is 2. The first-order valence-corrected chi connectivity index (χ1v) is 7.09. The van der Waals surface area contributed by atoms with Crippen molar-refractivity contribution < 1.29 is 5.11 Å². The molecular weight excluding hydrogens is 208 g/mol. The Morgan fingerprint density at radius 1 is 0.941 bits per heavy atom. The van der Waals surface area contributed by atoms with Gasteiger partial charge in [-0.25, -0.2) is 0 Å². The molecule has 1 heteroatoms. The summed E-state index contributed by atoms with van der Waals surface area (Å²) in [5, 5.41) is 10.9. The van der Waals surface area contributed by atoms with Gasteiger partial charge in [-0.15, -0.1) is 0 Å². The summed E-state index contributed by atoms with van der Waals surface area (Å²) in [6.45, 7) is 0. The fourth-order valence-electron chi connectivity index (χ4n) is 4.46. The first kappa shape index (κ1) is 10.1. The summed E-state index contributed by atoms with van der Waals surface area (Å²) in [6.07, 6.45) is 6.45. The molecule has 0 heterocycles. The SMILES string of the molecule is OC1(C2CC2c2ccccc2)C2CCCCC21. The monoisotopic (exact) mass is 228 g/mol. The van der Waals surface area contributed by atoms with Crippen molar-refractivity contribution in [1.29, 1.82) is 0 Å². The van der Waals surface area contributed by atoms with Gasteiger partial charge in [0.1, 0.15) is 0 Å². The topological polar surface area (TPSA) is 20.2 Å². The largest absolute Gasteiger partial charge is 0.389 e. The molecule has 0 amide bonds. The molecule has 1 aromatic carbocycles. The van der Waals surface area contributed by atoms with Gasteiger partial charge < -0.3 is 5.11 Å². The standard InChI is InChI=1S/C16H20O/c17-16(13-8-4-5-9-14(13)16)15-10-12(15)11-6-2-1-3-7-11/h1-3,6-7,12-15,17H,4-5,8-10H2. The lowest BCUT2D eigenvalue weighted by Gasteiger charge is -2.10. The fraction of sp³-hybridized carbons (Fsp3) is 0.625. The Balaban J connectivity index is 1.53. The van der Waals surface area contributed by atoms with E-state index in [-0.39, 0.29) is 5.60 Å². The highest BCUT2D eigenvalue weighted by atomic mass is 16.3. The highest BCUT2D eigenvalue weighted by Crippen LogP contribution is 2.71. The van der Waals surface area contributed by atoms with E-state index in [0.29, 0.717) is 23.7 Å². The van der Waals surface area contributed by atoms with E-state index in [9.17, 15) is 5.11 Å². The minimum absolute atomic E-state index is 0.267. The average molecular weight is 228 g/mol. The maximum Gasteiger partial charge on any atom is 0.0745 e. The molecule has 3 fully saturated rings. The van der Waals surface area contributed by atoms with Crippen LogP contribution in [0.1, 0.15) is 43.6 Å². The van der Waals surface area contributed by atoms with Crippen molar-refractivity contribution in [2.24, 2.45) is 17.8 Å². The maximum absolute atomic E-state index is 10.9. The maximum atomic E-state index is 10.9. The smallest absolute Gasteiger partial charge is 0.0745 e. The molecule has 1 aromatic rings. The Morgan fingerprint density at radius 2 is 1.59 bits per heavy atom. The van der Waals surface area contributed by atoms with Gasteiger partial charge in [-0.3, -0.25) is 0 Å². The van der Waals surface area contributed by atoms with Crippen molar-refractivity contribution in [1.82, 2.24) is 0 Å². The van der Waals surface area contributed by atoms with Gasteiger partial charge in [-0.05, 0) is 48.5 Å². The fourth-order valence-corrected chi connectivity index (χ4v) is 4.46. The van der Waals surface area contributed by atoms with Crippen molar-refractivity contribution in [2.45, 2.75) is 43.6 Å². The van der Waals surface area contributed by atoms with Crippen molar-refractivity contribution in [2.75, 3.05) is 0 Å². The third-order valence-corrected chi connectivity index (χ3v) is 5.46. The van der Waals surface area contributed by atoms with Crippen LogP contribution in [-0.2, 0) is 0 Å². The normalized spacial score (nSPS) is 47.4. The van der Waals surface area contributed by atoms with Crippen molar-refractivity contribution >= 4 is 0 Å². The van der Waals surface area contributed by atoms with Gasteiger partial charge >= 0.3 is 0 Å². The number of fused-ring (bicyclic) bond motifs is 1. The molecule has 17 heavy (non-hydrogen) atoms. The van der Waals surface area contributed by atoms with Crippen LogP contribution in [0.25, 0.3) is 0 Å². The molecule has 0 aliphatic heterocycles. The molecule has 0 spiro atoms. The summed E-state index contributed by atoms with van der Waals surface area (Å²) in [7, 11) is 0. The molecule has 4 unspecified atom stereocenters. The van der Waals surface area contributed by atoms with Gasteiger partial charge in [0.25, 0.3) is 0 Å². The molecule has 90 valence electrons. The van der Waals surface area contributed by atoms with Gasteiger partial charge in [0.05, 0.1) is 5.60 Å². The van der Waals surface area contributed by atoms with Gasteiger partial charge in [0.2, 0.25) is 0 Å². The van der Waals surface area contributed by atoms with Crippen molar-refractivity contribution in [3.63, 3.8) is 0 Å².